The number of sulfone groups is 1. The standard InChI is InChI=1S/C22H26N2O4S/c1-22(21(25)23-26,29(2,27)28)16-24-14-12-20(13-15-24)19-10-8-18(9-11-19)17-6-4-3-5-7-17/h3-12,26H,13-16H2,1-2H3,(H,23,25). The Hall–Kier alpha value is -2.48. The Labute approximate surface area is 171 Å². The van der Waals surface area contributed by atoms with Gasteiger partial charge < -0.3 is 0 Å². The van der Waals surface area contributed by atoms with E-state index in [-0.39, 0.29) is 6.54 Å². The molecule has 29 heavy (non-hydrogen) atoms. The highest BCUT2D eigenvalue weighted by molar-refractivity contribution is 7.92. The molecule has 7 heteroatoms. The van der Waals surface area contributed by atoms with E-state index in [2.05, 4.69) is 42.5 Å². The lowest BCUT2D eigenvalue weighted by Gasteiger charge is -2.34. The van der Waals surface area contributed by atoms with Crippen LogP contribution in [0.1, 0.15) is 18.9 Å². The fourth-order valence-electron chi connectivity index (χ4n) is 3.53. The van der Waals surface area contributed by atoms with Gasteiger partial charge in [0, 0.05) is 25.9 Å². The molecule has 154 valence electrons. The second-order valence-electron chi connectivity index (χ2n) is 7.60. The third-order valence-corrected chi connectivity index (χ3v) is 7.53. The Balaban J connectivity index is 1.71. The van der Waals surface area contributed by atoms with Gasteiger partial charge in [0.1, 0.15) is 0 Å². The van der Waals surface area contributed by atoms with Crippen molar-refractivity contribution in [3.05, 3.63) is 66.2 Å². The van der Waals surface area contributed by atoms with Crippen molar-refractivity contribution in [3.63, 3.8) is 0 Å². The van der Waals surface area contributed by atoms with E-state index in [1.165, 1.54) is 23.5 Å². The van der Waals surface area contributed by atoms with E-state index in [9.17, 15) is 13.2 Å². The van der Waals surface area contributed by atoms with Crippen LogP contribution in [0.5, 0.6) is 0 Å². The van der Waals surface area contributed by atoms with Crippen molar-refractivity contribution in [1.82, 2.24) is 10.4 Å². The van der Waals surface area contributed by atoms with Crippen molar-refractivity contribution in [2.45, 2.75) is 18.1 Å². The number of benzene rings is 2. The molecule has 0 aromatic heterocycles. The summed E-state index contributed by atoms with van der Waals surface area (Å²) in [5.74, 6) is -0.911. The smallest absolute Gasteiger partial charge is 0.265 e. The van der Waals surface area contributed by atoms with Crippen LogP contribution in [0, 0.1) is 0 Å². The first-order valence-electron chi connectivity index (χ1n) is 9.46. The first kappa shape index (κ1) is 21.2. The zero-order chi connectivity index (χ0) is 21.1. The minimum absolute atomic E-state index is 0.0228. The number of carbonyl (C=O) groups excluding carboxylic acids is 1. The lowest BCUT2D eigenvalue weighted by atomic mass is 9.96. The molecule has 1 atom stereocenters. The number of hydroxylamine groups is 1. The third kappa shape index (κ3) is 4.58. The lowest BCUT2D eigenvalue weighted by Crippen LogP contribution is -2.56. The molecule has 0 spiro atoms. The topological polar surface area (TPSA) is 86.7 Å². The van der Waals surface area contributed by atoms with Crippen molar-refractivity contribution in [2.75, 3.05) is 25.9 Å². The average molecular weight is 415 g/mol. The number of rotatable bonds is 6. The molecule has 0 radical (unpaired) electrons. The van der Waals surface area contributed by atoms with Crippen molar-refractivity contribution in [2.24, 2.45) is 0 Å². The number of nitrogens with zero attached hydrogens (tertiary/aromatic N) is 1. The quantitative estimate of drug-likeness (QED) is 0.561. The molecule has 0 bridgehead atoms. The van der Waals surface area contributed by atoms with Gasteiger partial charge in [-0.3, -0.25) is 14.9 Å². The summed E-state index contributed by atoms with van der Waals surface area (Å²) in [4.78, 5) is 13.9. The molecule has 0 saturated heterocycles. The molecule has 6 nitrogen and oxygen atoms in total. The van der Waals surface area contributed by atoms with E-state index >= 15 is 0 Å². The maximum atomic E-state index is 12.1. The van der Waals surface area contributed by atoms with Crippen molar-refractivity contribution in [3.8, 4) is 11.1 Å². The molecule has 2 aromatic carbocycles. The molecule has 1 aliphatic heterocycles. The Morgan fingerprint density at radius 1 is 1.07 bits per heavy atom. The van der Waals surface area contributed by atoms with Gasteiger partial charge in [-0.15, -0.1) is 0 Å². The molecule has 0 aliphatic carbocycles. The van der Waals surface area contributed by atoms with Crippen LogP contribution in [-0.2, 0) is 14.6 Å². The number of hydrogen-bond acceptors (Lipinski definition) is 5. The van der Waals surface area contributed by atoms with Crippen molar-refractivity contribution >= 4 is 21.3 Å². The van der Waals surface area contributed by atoms with Crippen LogP contribution in [0.4, 0.5) is 0 Å². The van der Waals surface area contributed by atoms with E-state index in [0.717, 1.165) is 23.8 Å². The highest BCUT2D eigenvalue weighted by Crippen LogP contribution is 2.27. The van der Waals surface area contributed by atoms with Gasteiger partial charge in [0.25, 0.3) is 5.91 Å². The van der Waals surface area contributed by atoms with Gasteiger partial charge in [0.15, 0.2) is 14.6 Å². The summed E-state index contributed by atoms with van der Waals surface area (Å²) >= 11 is 0. The fourth-order valence-corrected chi connectivity index (χ4v) is 4.33. The third-order valence-electron chi connectivity index (χ3n) is 5.58. The minimum Gasteiger partial charge on any atom is -0.297 e. The normalized spacial score (nSPS) is 17.3. The second-order valence-corrected chi connectivity index (χ2v) is 10.0. The molecule has 1 amide bonds. The monoisotopic (exact) mass is 414 g/mol. The van der Waals surface area contributed by atoms with E-state index < -0.39 is 20.5 Å². The van der Waals surface area contributed by atoms with Crippen LogP contribution in [-0.4, -0.2) is 55.1 Å². The molecule has 3 rings (SSSR count). The van der Waals surface area contributed by atoms with Crippen LogP contribution in [0.2, 0.25) is 0 Å². The molecule has 1 heterocycles. The van der Waals surface area contributed by atoms with Gasteiger partial charge in [0.2, 0.25) is 0 Å². The fraction of sp³-hybridized carbons (Fsp3) is 0.318. The van der Waals surface area contributed by atoms with Crippen molar-refractivity contribution in [1.29, 1.82) is 0 Å². The zero-order valence-electron chi connectivity index (χ0n) is 16.6. The highest BCUT2D eigenvalue weighted by atomic mass is 32.2. The van der Waals surface area contributed by atoms with E-state index in [1.807, 2.05) is 23.1 Å². The van der Waals surface area contributed by atoms with Crippen LogP contribution >= 0.6 is 0 Å². The Bertz CT molecular complexity index is 1000. The van der Waals surface area contributed by atoms with Crippen LogP contribution in [0.15, 0.2) is 60.7 Å². The van der Waals surface area contributed by atoms with Crippen molar-refractivity contribution < 1.29 is 18.4 Å². The molecule has 2 N–H and O–H groups in total. The summed E-state index contributed by atoms with van der Waals surface area (Å²) in [6, 6.07) is 18.6. The van der Waals surface area contributed by atoms with Gasteiger partial charge in [-0.2, -0.15) is 0 Å². The summed E-state index contributed by atoms with van der Waals surface area (Å²) in [5, 5.41) is 8.96. The summed E-state index contributed by atoms with van der Waals surface area (Å²) < 4.78 is 22.6. The first-order valence-corrected chi connectivity index (χ1v) is 11.3. The summed E-state index contributed by atoms with van der Waals surface area (Å²) in [6.07, 6.45) is 3.84. The largest absolute Gasteiger partial charge is 0.297 e. The molecular formula is C22H26N2O4S. The number of hydrogen-bond donors (Lipinski definition) is 2. The Morgan fingerprint density at radius 3 is 2.17 bits per heavy atom. The average Bonchev–Trinajstić information content (AvgIpc) is 2.73. The van der Waals surface area contributed by atoms with Gasteiger partial charge in [0.05, 0.1) is 0 Å². The maximum absolute atomic E-state index is 12.1. The van der Waals surface area contributed by atoms with Crippen LogP contribution < -0.4 is 5.48 Å². The number of nitrogens with one attached hydrogen (secondary N) is 1. The summed E-state index contributed by atoms with van der Waals surface area (Å²) in [5.41, 5.74) is 6.17. The second kappa shape index (κ2) is 8.49. The first-order chi connectivity index (χ1) is 13.7. The highest BCUT2D eigenvalue weighted by Gasteiger charge is 2.45. The van der Waals surface area contributed by atoms with E-state index in [4.69, 9.17) is 5.21 Å². The van der Waals surface area contributed by atoms with Crippen LogP contribution in [0.25, 0.3) is 16.7 Å². The zero-order valence-corrected chi connectivity index (χ0v) is 17.4. The molecule has 2 aromatic rings. The molecule has 1 aliphatic rings. The van der Waals surface area contributed by atoms with Gasteiger partial charge in [-0.25, -0.2) is 13.9 Å². The van der Waals surface area contributed by atoms with Gasteiger partial charge >= 0.3 is 0 Å². The minimum atomic E-state index is -3.71. The SMILES string of the molecule is CC(CN1CC=C(c2ccc(-c3ccccc3)cc2)CC1)(C(=O)NO)S(C)(=O)=O. The van der Waals surface area contributed by atoms with Gasteiger partial charge in [-0.1, -0.05) is 60.7 Å². The molecule has 0 fully saturated rings. The summed E-state index contributed by atoms with van der Waals surface area (Å²) in [7, 11) is -3.71. The molecule has 1 unspecified atom stereocenters. The predicted octanol–water partition coefficient (Wildman–Crippen LogP) is 2.75. The lowest BCUT2D eigenvalue weighted by molar-refractivity contribution is -0.132. The van der Waals surface area contributed by atoms with E-state index in [1.54, 1.807) is 0 Å². The van der Waals surface area contributed by atoms with E-state index in [0.29, 0.717) is 13.1 Å². The number of amides is 1. The summed E-state index contributed by atoms with van der Waals surface area (Å²) in [6.45, 7) is 2.54. The molecule has 0 saturated carbocycles. The Kier molecular flexibility index (Phi) is 6.21. The van der Waals surface area contributed by atoms with Crippen LogP contribution in [0.3, 0.4) is 0 Å². The van der Waals surface area contributed by atoms with Gasteiger partial charge in [-0.05, 0) is 35.6 Å². The Morgan fingerprint density at radius 2 is 1.66 bits per heavy atom. The predicted molar refractivity (Wildman–Crippen MR) is 114 cm³/mol. The molecular weight excluding hydrogens is 388 g/mol. The number of carbonyl (C=O) groups is 1. The maximum Gasteiger partial charge on any atom is 0.265 e.